The summed E-state index contributed by atoms with van der Waals surface area (Å²) in [5.74, 6) is -0.585. The van der Waals surface area contributed by atoms with Gasteiger partial charge in [0, 0.05) is 24.7 Å². The minimum atomic E-state index is -0.617. The van der Waals surface area contributed by atoms with Crippen molar-refractivity contribution in [1.29, 1.82) is 0 Å². The Labute approximate surface area is 133 Å². The van der Waals surface area contributed by atoms with Gasteiger partial charge in [0.15, 0.2) is 5.75 Å². The Kier molecular flexibility index (Phi) is 5.51. The van der Waals surface area contributed by atoms with Crippen LogP contribution in [0.15, 0.2) is 18.2 Å². The van der Waals surface area contributed by atoms with E-state index < -0.39 is 10.8 Å². The van der Waals surface area contributed by atoms with Crippen LogP contribution in [-0.4, -0.2) is 48.4 Å². The van der Waals surface area contributed by atoms with Crippen LogP contribution >= 0.6 is 0 Å². The summed E-state index contributed by atoms with van der Waals surface area (Å²) < 4.78 is 4.88. The summed E-state index contributed by atoms with van der Waals surface area (Å²) in [4.78, 5) is 36.1. The molecule has 2 rings (SSSR count). The van der Waals surface area contributed by atoms with Crippen LogP contribution in [0.4, 0.5) is 5.69 Å². The number of hydrogen-bond donors (Lipinski definition) is 1. The number of piperidine rings is 1. The highest BCUT2D eigenvalue weighted by molar-refractivity contribution is 5.97. The van der Waals surface area contributed by atoms with Gasteiger partial charge in [0.05, 0.1) is 18.6 Å². The van der Waals surface area contributed by atoms with Crippen LogP contribution in [0.5, 0.6) is 5.75 Å². The van der Waals surface area contributed by atoms with Gasteiger partial charge in [-0.25, -0.2) is 0 Å². The maximum Gasteiger partial charge on any atom is 0.311 e. The summed E-state index contributed by atoms with van der Waals surface area (Å²) in [5, 5.41) is 13.5. The molecule has 1 heterocycles. The van der Waals surface area contributed by atoms with E-state index in [9.17, 15) is 19.7 Å². The SMILES string of the molecule is COc1ccc(C(=O)NCC(=O)N2CCCCC2)cc1[N+](=O)[O-]. The minimum Gasteiger partial charge on any atom is -0.490 e. The molecular weight excluding hydrogens is 302 g/mol. The van der Waals surface area contributed by atoms with Crippen LogP contribution in [0, 0.1) is 10.1 Å². The van der Waals surface area contributed by atoms with Gasteiger partial charge < -0.3 is 15.0 Å². The van der Waals surface area contributed by atoms with Crippen molar-refractivity contribution in [2.45, 2.75) is 19.3 Å². The fraction of sp³-hybridized carbons (Fsp3) is 0.467. The molecule has 1 saturated heterocycles. The van der Waals surface area contributed by atoms with Gasteiger partial charge in [0.1, 0.15) is 0 Å². The largest absolute Gasteiger partial charge is 0.490 e. The summed E-state index contributed by atoms with van der Waals surface area (Å²) in [6.45, 7) is 1.31. The Morgan fingerprint density at radius 1 is 1.30 bits per heavy atom. The van der Waals surface area contributed by atoms with Crippen molar-refractivity contribution in [3.05, 3.63) is 33.9 Å². The molecule has 0 spiro atoms. The van der Waals surface area contributed by atoms with E-state index in [2.05, 4.69) is 5.32 Å². The summed E-state index contributed by atoms with van der Waals surface area (Å²) in [5.41, 5.74) is -0.175. The zero-order chi connectivity index (χ0) is 16.8. The smallest absolute Gasteiger partial charge is 0.311 e. The van der Waals surface area contributed by atoms with Crippen LogP contribution in [0.1, 0.15) is 29.6 Å². The predicted octanol–water partition coefficient (Wildman–Crippen LogP) is 1.35. The first kappa shape index (κ1) is 16.7. The van der Waals surface area contributed by atoms with E-state index >= 15 is 0 Å². The summed E-state index contributed by atoms with van der Waals surface area (Å²) in [6.07, 6.45) is 3.07. The fourth-order valence-corrected chi connectivity index (χ4v) is 2.49. The van der Waals surface area contributed by atoms with Crippen molar-refractivity contribution >= 4 is 17.5 Å². The molecule has 0 aromatic heterocycles. The third-order valence-corrected chi connectivity index (χ3v) is 3.75. The predicted molar refractivity (Wildman–Crippen MR) is 82.4 cm³/mol. The molecule has 1 aromatic carbocycles. The molecule has 1 aliphatic heterocycles. The number of nitro benzene ring substituents is 1. The van der Waals surface area contributed by atoms with Crippen molar-refractivity contribution in [2.75, 3.05) is 26.7 Å². The second kappa shape index (κ2) is 7.57. The van der Waals surface area contributed by atoms with Gasteiger partial charge in [0.25, 0.3) is 5.91 Å². The number of benzene rings is 1. The first-order valence-corrected chi connectivity index (χ1v) is 7.41. The van der Waals surface area contributed by atoms with Crippen LogP contribution in [0.3, 0.4) is 0 Å². The Balaban J connectivity index is 1.99. The molecule has 1 N–H and O–H groups in total. The molecule has 23 heavy (non-hydrogen) atoms. The molecule has 2 amide bonds. The third-order valence-electron chi connectivity index (χ3n) is 3.75. The Morgan fingerprint density at radius 2 is 2.00 bits per heavy atom. The molecule has 0 saturated carbocycles. The van der Waals surface area contributed by atoms with Crippen molar-refractivity contribution in [2.24, 2.45) is 0 Å². The lowest BCUT2D eigenvalue weighted by atomic mass is 10.1. The van der Waals surface area contributed by atoms with Crippen molar-refractivity contribution in [3.63, 3.8) is 0 Å². The summed E-state index contributed by atoms with van der Waals surface area (Å²) >= 11 is 0. The van der Waals surface area contributed by atoms with Crippen LogP contribution in [0.2, 0.25) is 0 Å². The van der Waals surface area contributed by atoms with E-state index in [-0.39, 0.29) is 29.5 Å². The summed E-state index contributed by atoms with van der Waals surface area (Å²) in [7, 11) is 1.32. The molecule has 0 atom stereocenters. The normalized spacial score (nSPS) is 14.2. The molecule has 124 valence electrons. The minimum absolute atomic E-state index is 0.0796. The van der Waals surface area contributed by atoms with E-state index in [1.165, 1.54) is 19.2 Å². The Hall–Kier alpha value is -2.64. The first-order valence-electron chi connectivity index (χ1n) is 7.41. The van der Waals surface area contributed by atoms with Crippen LogP contribution < -0.4 is 10.1 Å². The number of nitrogens with zero attached hydrogens (tertiary/aromatic N) is 2. The number of nitrogens with one attached hydrogen (secondary N) is 1. The lowest BCUT2D eigenvalue weighted by molar-refractivity contribution is -0.385. The zero-order valence-corrected chi connectivity index (χ0v) is 12.9. The maximum atomic E-state index is 12.1. The lowest BCUT2D eigenvalue weighted by Gasteiger charge is -2.26. The van der Waals surface area contributed by atoms with Gasteiger partial charge in [-0.3, -0.25) is 19.7 Å². The standard InChI is InChI=1S/C15H19N3O5/c1-23-13-6-5-11(9-12(13)18(21)22)15(20)16-10-14(19)17-7-3-2-4-8-17/h5-6,9H,2-4,7-8,10H2,1H3,(H,16,20). The number of methoxy groups -OCH3 is 1. The van der Waals surface area contributed by atoms with Crippen LogP contribution in [0.25, 0.3) is 0 Å². The number of carbonyl (C=O) groups is 2. The molecular formula is C15H19N3O5. The van der Waals surface area contributed by atoms with E-state index in [1.807, 2.05) is 0 Å². The highest BCUT2D eigenvalue weighted by Crippen LogP contribution is 2.27. The van der Waals surface area contributed by atoms with Gasteiger partial charge in [0.2, 0.25) is 5.91 Å². The monoisotopic (exact) mass is 321 g/mol. The van der Waals surface area contributed by atoms with Gasteiger partial charge in [-0.15, -0.1) is 0 Å². The Morgan fingerprint density at radius 3 is 2.61 bits per heavy atom. The van der Waals surface area contributed by atoms with Gasteiger partial charge in [-0.1, -0.05) is 0 Å². The molecule has 1 aromatic rings. The van der Waals surface area contributed by atoms with Crippen LogP contribution in [-0.2, 0) is 4.79 Å². The number of nitro groups is 1. The van der Waals surface area contributed by atoms with Gasteiger partial charge in [-0.2, -0.15) is 0 Å². The molecule has 0 aliphatic carbocycles. The third kappa shape index (κ3) is 4.18. The molecule has 1 fully saturated rings. The molecule has 8 nitrogen and oxygen atoms in total. The van der Waals surface area contributed by atoms with Gasteiger partial charge >= 0.3 is 5.69 Å². The second-order valence-electron chi connectivity index (χ2n) is 5.27. The van der Waals surface area contributed by atoms with E-state index in [0.29, 0.717) is 13.1 Å². The average Bonchev–Trinajstić information content (AvgIpc) is 2.59. The van der Waals surface area contributed by atoms with E-state index in [0.717, 1.165) is 25.3 Å². The zero-order valence-electron chi connectivity index (χ0n) is 12.9. The van der Waals surface area contributed by atoms with Crippen molar-refractivity contribution in [3.8, 4) is 5.75 Å². The topological polar surface area (TPSA) is 102 Å². The molecule has 0 unspecified atom stereocenters. The number of rotatable bonds is 5. The number of amides is 2. The second-order valence-corrected chi connectivity index (χ2v) is 5.27. The van der Waals surface area contributed by atoms with Gasteiger partial charge in [-0.05, 0) is 31.4 Å². The first-order chi connectivity index (χ1) is 11.0. The number of hydrogen-bond acceptors (Lipinski definition) is 5. The van der Waals surface area contributed by atoms with Crippen molar-refractivity contribution < 1.29 is 19.2 Å². The molecule has 1 aliphatic rings. The van der Waals surface area contributed by atoms with Crippen molar-refractivity contribution in [1.82, 2.24) is 10.2 Å². The average molecular weight is 321 g/mol. The lowest BCUT2D eigenvalue weighted by Crippen LogP contribution is -2.42. The number of ether oxygens (including phenoxy) is 1. The fourth-order valence-electron chi connectivity index (χ4n) is 2.49. The molecule has 0 bridgehead atoms. The summed E-state index contributed by atoms with van der Waals surface area (Å²) in [6, 6.07) is 3.92. The van der Waals surface area contributed by atoms with E-state index in [4.69, 9.17) is 4.74 Å². The Bertz CT molecular complexity index is 611. The quantitative estimate of drug-likeness (QED) is 0.651. The van der Waals surface area contributed by atoms with E-state index in [1.54, 1.807) is 4.90 Å². The molecule has 8 heteroatoms. The number of likely N-dealkylation sites (tertiary alicyclic amines) is 1. The highest BCUT2D eigenvalue weighted by atomic mass is 16.6. The number of carbonyl (C=O) groups excluding carboxylic acids is 2. The highest BCUT2D eigenvalue weighted by Gasteiger charge is 2.20. The maximum absolute atomic E-state index is 12.1. The molecule has 0 radical (unpaired) electrons.